The van der Waals surface area contributed by atoms with Gasteiger partial charge in [-0.25, -0.2) is 4.98 Å². The fourth-order valence-corrected chi connectivity index (χ4v) is 2.93. The first-order chi connectivity index (χ1) is 7.69. The summed E-state index contributed by atoms with van der Waals surface area (Å²) in [7, 11) is 0. The number of aromatic nitrogens is 2. The number of aryl methyl sites for hydroxylation is 2. The van der Waals surface area contributed by atoms with Gasteiger partial charge in [0.15, 0.2) is 0 Å². The first kappa shape index (κ1) is 11.7. The average molecular weight is 300 g/mol. The smallest absolute Gasteiger partial charge is 0.203 e. The Kier molecular flexibility index (Phi) is 3.66. The van der Waals surface area contributed by atoms with Gasteiger partial charge in [0, 0.05) is 27.5 Å². The number of imidazole rings is 1. The lowest BCUT2D eigenvalue weighted by molar-refractivity contribution is 0.763. The summed E-state index contributed by atoms with van der Waals surface area (Å²) >= 11 is 5.20. The molecule has 1 N–H and O–H groups in total. The molecule has 0 radical (unpaired) electrons. The Morgan fingerprint density at radius 1 is 1.56 bits per heavy atom. The normalized spacial score (nSPS) is 10.7. The number of halogens is 1. The van der Waals surface area contributed by atoms with Crippen molar-refractivity contribution in [1.82, 2.24) is 9.55 Å². The second-order valence-electron chi connectivity index (χ2n) is 3.58. The van der Waals surface area contributed by atoms with Crippen LogP contribution in [-0.2, 0) is 13.1 Å². The van der Waals surface area contributed by atoms with Crippen molar-refractivity contribution >= 4 is 33.2 Å². The standard InChI is InChI=1S/C11H14BrN3S/c1-3-15-6-8(2)14-11(15)13-5-10-4-9(12)7-16-10/h4,6-7H,3,5H2,1-2H3,(H,13,14). The van der Waals surface area contributed by atoms with Crippen LogP contribution in [0, 0.1) is 6.92 Å². The molecule has 16 heavy (non-hydrogen) atoms. The zero-order valence-electron chi connectivity index (χ0n) is 9.33. The van der Waals surface area contributed by atoms with E-state index in [-0.39, 0.29) is 0 Å². The Morgan fingerprint density at radius 2 is 2.38 bits per heavy atom. The highest BCUT2D eigenvalue weighted by molar-refractivity contribution is 9.10. The van der Waals surface area contributed by atoms with Gasteiger partial charge in [-0.1, -0.05) is 0 Å². The summed E-state index contributed by atoms with van der Waals surface area (Å²) in [6.07, 6.45) is 2.06. The molecule has 0 atom stereocenters. The molecule has 0 fully saturated rings. The largest absolute Gasteiger partial charge is 0.351 e. The van der Waals surface area contributed by atoms with Crippen molar-refractivity contribution < 1.29 is 0 Å². The molecule has 0 aliphatic heterocycles. The van der Waals surface area contributed by atoms with Crippen molar-refractivity contribution in [2.45, 2.75) is 26.9 Å². The van der Waals surface area contributed by atoms with Crippen LogP contribution in [0.5, 0.6) is 0 Å². The molecule has 0 saturated heterocycles. The first-order valence-corrected chi connectivity index (χ1v) is 6.87. The number of rotatable bonds is 4. The summed E-state index contributed by atoms with van der Waals surface area (Å²) in [5.41, 5.74) is 1.05. The van der Waals surface area contributed by atoms with Crippen LogP contribution in [0.1, 0.15) is 17.5 Å². The minimum atomic E-state index is 0.826. The van der Waals surface area contributed by atoms with Crippen molar-refractivity contribution in [3.05, 3.63) is 32.7 Å². The second-order valence-corrected chi connectivity index (χ2v) is 5.49. The van der Waals surface area contributed by atoms with Crippen LogP contribution >= 0.6 is 27.3 Å². The summed E-state index contributed by atoms with van der Waals surface area (Å²) in [6.45, 7) is 5.90. The van der Waals surface area contributed by atoms with Crippen molar-refractivity contribution in [1.29, 1.82) is 0 Å². The van der Waals surface area contributed by atoms with Crippen LogP contribution in [0.15, 0.2) is 22.1 Å². The SMILES string of the molecule is CCn1cc(C)nc1NCc1cc(Br)cs1. The Labute approximate surface area is 108 Å². The van der Waals surface area contributed by atoms with E-state index in [9.17, 15) is 0 Å². The van der Waals surface area contributed by atoms with Gasteiger partial charge in [0.25, 0.3) is 0 Å². The van der Waals surface area contributed by atoms with Gasteiger partial charge in [0.1, 0.15) is 0 Å². The van der Waals surface area contributed by atoms with Gasteiger partial charge in [-0.15, -0.1) is 11.3 Å². The molecule has 2 aromatic heterocycles. The predicted octanol–water partition coefficient (Wildman–Crippen LogP) is 3.65. The minimum absolute atomic E-state index is 0.826. The average Bonchev–Trinajstić information content (AvgIpc) is 2.81. The van der Waals surface area contributed by atoms with E-state index in [4.69, 9.17) is 0 Å². The summed E-state index contributed by atoms with van der Waals surface area (Å²) in [5.74, 6) is 0.949. The summed E-state index contributed by atoms with van der Waals surface area (Å²) in [6, 6.07) is 2.13. The number of nitrogens with zero attached hydrogens (tertiary/aromatic N) is 2. The van der Waals surface area contributed by atoms with Crippen molar-refractivity contribution in [2.75, 3.05) is 5.32 Å². The number of hydrogen-bond acceptors (Lipinski definition) is 3. The molecule has 0 aromatic carbocycles. The third-order valence-electron chi connectivity index (χ3n) is 2.28. The second kappa shape index (κ2) is 5.01. The zero-order chi connectivity index (χ0) is 11.5. The fourth-order valence-electron chi connectivity index (χ4n) is 1.54. The topological polar surface area (TPSA) is 29.9 Å². The lowest BCUT2D eigenvalue weighted by Gasteiger charge is -2.05. The van der Waals surface area contributed by atoms with Crippen LogP contribution in [0.2, 0.25) is 0 Å². The van der Waals surface area contributed by atoms with E-state index in [1.807, 2.05) is 6.92 Å². The van der Waals surface area contributed by atoms with Crippen LogP contribution in [0.25, 0.3) is 0 Å². The highest BCUT2D eigenvalue weighted by Crippen LogP contribution is 2.20. The van der Waals surface area contributed by atoms with E-state index in [2.05, 4.69) is 55.4 Å². The molecule has 0 bridgehead atoms. The van der Waals surface area contributed by atoms with Crippen LogP contribution in [-0.4, -0.2) is 9.55 Å². The van der Waals surface area contributed by atoms with Gasteiger partial charge in [0.05, 0.1) is 12.2 Å². The Balaban J connectivity index is 2.04. The van der Waals surface area contributed by atoms with E-state index in [1.165, 1.54) is 4.88 Å². The van der Waals surface area contributed by atoms with E-state index >= 15 is 0 Å². The number of anilines is 1. The van der Waals surface area contributed by atoms with Crippen molar-refractivity contribution in [3.63, 3.8) is 0 Å². The summed E-state index contributed by atoms with van der Waals surface area (Å²) in [5, 5.41) is 5.45. The van der Waals surface area contributed by atoms with E-state index in [0.717, 1.165) is 29.2 Å². The van der Waals surface area contributed by atoms with E-state index in [1.54, 1.807) is 11.3 Å². The molecule has 2 heterocycles. The van der Waals surface area contributed by atoms with Gasteiger partial charge in [-0.05, 0) is 35.8 Å². The number of thiophene rings is 1. The monoisotopic (exact) mass is 299 g/mol. The maximum atomic E-state index is 4.45. The zero-order valence-corrected chi connectivity index (χ0v) is 11.7. The Bertz CT molecular complexity index is 475. The summed E-state index contributed by atoms with van der Waals surface area (Å²) < 4.78 is 3.27. The molecule has 3 nitrogen and oxygen atoms in total. The molecule has 2 aromatic rings. The van der Waals surface area contributed by atoms with Crippen LogP contribution < -0.4 is 5.32 Å². The number of hydrogen-bond donors (Lipinski definition) is 1. The maximum absolute atomic E-state index is 4.45. The first-order valence-electron chi connectivity index (χ1n) is 5.19. The van der Waals surface area contributed by atoms with Gasteiger partial charge in [0.2, 0.25) is 5.95 Å². The highest BCUT2D eigenvalue weighted by Gasteiger charge is 2.04. The summed E-state index contributed by atoms with van der Waals surface area (Å²) in [4.78, 5) is 5.75. The molecular weight excluding hydrogens is 286 g/mol. The number of nitrogens with one attached hydrogen (secondary N) is 1. The molecule has 0 aliphatic carbocycles. The van der Waals surface area contributed by atoms with Crippen molar-refractivity contribution in [2.24, 2.45) is 0 Å². The molecule has 0 aliphatic rings. The molecule has 86 valence electrons. The van der Waals surface area contributed by atoms with Gasteiger partial charge in [-0.2, -0.15) is 0 Å². The van der Waals surface area contributed by atoms with Gasteiger partial charge >= 0.3 is 0 Å². The molecular formula is C11H14BrN3S. The van der Waals surface area contributed by atoms with Crippen LogP contribution in [0.3, 0.4) is 0 Å². The molecule has 0 amide bonds. The van der Waals surface area contributed by atoms with E-state index < -0.39 is 0 Å². The lowest BCUT2D eigenvalue weighted by Crippen LogP contribution is -2.05. The third kappa shape index (κ3) is 2.65. The van der Waals surface area contributed by atoms with Gasteiger partial charge in [-0.3, -0.25) is 0 Å². The fraction of sp³-hybridized carbons (Fsp3) is 0.364. The van der Waals surface area contributed by atoms with Gasteiger partial charge < -0.3 is 9.88 Å². The molecule has 0 spiro atoms. The minimum Gasteiger partial charge on any atom is -0.351 e. The van der Waals surface area contributed by atoms with E-state index in [0.29, 0.717) is 0 Å². The Morgan fingerprint density at radius 3 is 3.00 bits per heavy atom. The highest BCUT2D eigenvalue weighted by atomic mass is 79.9. The molecule has 2 rings (SSSR count). The third-order valence-corrected chi connectivity index (χ3v) is 3.98. The molecule has 0 unspecified atom stereocenters. The Hall–Kier alpha value is -0.810. The quantitative estimate of drug-likeness (QED) is 0.934. The molecule has 0 saturated carbocycles. The van der Waals surface area contributed by atoms with Crippen molar-refractivity contribution in [3.8, 4) is 0 Å². The lowest BCUT2D eigenvalue weighted by atomic mass is 10.5. The maximum Gasteiger partial charge on any atom is 0.203 e. The van der Waals surface area contributed by atoms with Crippen LogP contribution in [0.4, 0.5) is 5.95 Å². The predicted molar refractivity (Wildman–Crippen MR) is 72.0 cm³/mol. The molecule has 5 heteroatoms.